The number of benzene rings is 3. The van der Waals surface area contributed by atoms with Crippen molar-refractivity contribution >= 4 is 0 Å². The molecule has 0 unspecified atom stereocenters. The molecular formula is C25H28O9. The van der Waals surface area contributed by atoms with Gasteiger partial charge in [-0.3, -0.25) is 0 Å². The number of aromatic hydroxyl groups is 6. The number of hydrogen-bond acceptors (Lipinski definition) is 9. The van der Waals surface area contributed by atoms with E-state index < -0.39 is 34.5 Å². The van der Waals surface area contributed by atoms with Gasteiger partial charge in [0.05, 0.1) is 21.3 Å². The molecule has 6 N–H and O–H groups in total. The van der Waals surface area contributed by atoms with Crippen LogP contribution in [-0.4, -0.2) is 52.0 Å². The van der Waals surface area contributed by atoms with Crippen molar-refractivity contribution in [3.63, 3.8) is 0 Å². The van der Waals surface area contributed by atoms with Crippen LogP contribution in [0.3, 0.4) is 0 Å². The van der Waals surface area contributed by atoms with Crippen molar-refractivity contribution in [1.29, 1.82) is 0 Å². The van der Waals surface area contributed by atoms with Crippen LogP contribution >= 0.6 is 0 Å². The van der Waals surface area contributed by atoms with Crippen LogP contribution in [0, 0.1) is 0 Å². The molecule has 0 aliphatic carbocycles. The van der Waals surface area contributed by atoms with Crippen LogP contribution in [-0.2, 0) is 25.7 Å². The molecule has 0 aromatic heterocycles. The fraction of sp³-hybridized carbons (Fsp3) is 0.280. The summed E-state index contributed by atoms with van der Waals surface area (Å²) >= 11 is 0. The van der Waals surface area contributed by atoms with Crippen LogP contribution in [0.25, 0.3) is 0 Å². The Balaban J connectivity index is 1.94. The van der Waals surface area contributed by atoms with Gasteiger partial charge in [-0.1, -0.05) is 0 Å². The number of hydrogen-bond donors (Lipinski definition) is 6. The molecule has 0 heterocycles. The third-order valence-corrected chi connectivity index (χ3v) is 5.58. The van der Waals surface area contributed by atoms with Crippen molar-refractivity contribution in [1.82, 2.24) is 0 Å². The van der Waals surface area contributed by atoms with E-state index in [9.17, 15) is 30.6 Å². The maximum Gasteiger partial charge on any atom is 0.203 e. The number of ether oxygens (including phenoxy) is 3. The Hall–Kier alpha value is -4.14. The van der Waals surface area contributed by atoms with Gasteiger partial charge in [0.2, 0.25) is 5.75 Å². The number of phenols is 6. The molecule has 0 bridgehead atoms. The summed E-state index contributed by atoms with van der Waals surface area (Å²) in [5, 5.41) is 58.3. The van der Waals surface area contributed by atoms with Gasteiger partial charge < -0.3 is 44.8 Å². The second kappa shape index (κ2) is 10.2. The van der Waals surface area contributed by atoms with Gasteiger partial charge in [-0.2, -0.15) is 0 Å². The molecule has 0 fully saturated rings. The van der Waals surface area contributed by atoms with Crippen molar-refractivity contribution in [3.8, 4) is 51.7 Å². The van der Waals surface area contributed by atoms with E-state index in [4.69, 9.17) is 14.2 Å². The van der Waals surface area contributed by atoms with E-state index in [0.29, 0.717) is 54.1 Å². The summed E-state index contributed by atoms with van der Waals surface area (Å²) in [6.45, 7) is 0. The minimum absolute atomic E-state index is 0.407. The first-order valence-electron chi connectivity index (χ1n) is 10.5. The number of rotatable bonds is 9. The summed E-state index contributed by atoms with van der Waals surface area (Å²) < 4.78 is 16.8. The van der Waals surface area contributed by atoms with Crippen molar-refractivity contribution < 1.29 is 44.8 Å². The molecule has 0 atom stereocenters. The molecule has 3 aromatic carbocycles. The smallest absolute Gasteiger partial charge is 0.203 e. The molecule has 0 aliphatic heterocycles. The van der Waals surface area contributed by atoms with Crippen LogP contribution in [0.15, 0.2) is 30.3 Å². The van der Waals surface area contributed by atoms with Gasteiger partial charge in [-0.05, 0) is 78.3 Å². The molecule has 0 amide bonds. The molecular weight excluding hydrogens is 444 g/mol. The van der Waals surface area contributed by atoms with Gasteiger partial charge in [0.1, 0.15) is 0 Å². The monoisotopic (exact) mass is 472 g/mol. The third kappa shape index (κ3) is 4.93. The average molecular weight is 472 g/mol. The van der Waals surface area contributed by atoms with Crippen molar-refractivity contribution in [2.75, 3.05) is 21.3 Å². The zero-order valence-corrected chi connectivity index (χ0v) is 19.1. The third-order valence-electron chi connectivity index (χ3n) is 5.58. The molecule has 9 nitrogen and oxygen atoms in total. The van der Waals surface area contributed by atoms with Gasteiger partial charge >= 0.3 is 0 Å². The highest BCUT2D eigenvalue weighted by molar-refractivity contribution is 5.60. The standard InChI is InChI=1S/C25H28O9/c1-32-23-15(6-4-13-8-17(26)21(30)18(27)9-13)12-16(24(33-2)25(23)34-3)7-5-14-10-19(28)22(31)20(29)11-14/h8-12,26-31H,4-7H2,1-3H3. The van der Waals surface area contributed by atoms with Gasteiger partial charge in [-0.15, -0.1) is 0 Å². The van der Waals surface area contributed by atoms with E-state index >= 15 is 0 Å². The lowest BCUT2D eigenvalue weighted by atomic mass is 9.96. The van der Waals surface area contributed by atoms with Crippen LogP contribution in [0.2, 0.25) is 0 Å². The Morgan fingerprint density at radius 3 is 1.09 bits per heavy atom. The quantitative estimate of drug-likeness (QED) is 0.257. The molecule has 3 aromatic rings. The Bertz CT molecular complexity index is 1050. The van der Waals surface area contributed by atoms with Gasteiger partial charge in [0.15, 0.2) is 46.0 Å². The zero-order chi connectivity index (χ0) is 25.0. The molecule has 0 saturated heterocycles. The lowest BCUT2D eigenvalue weighted by Crippen LogP contribution is -2.05. The highest BCUT2D eigenvalue weighted by Gasteiger charge is 2.21. The second-order valence-corrected chi connectivity index (χ2v) is 7.76. The summed E-state index contributed by atoms with van der Waals surface area (Å²) in [5.41, 5.74) is 2.81. The minimum atomic E-state index is -0.568. The number of methoxy groups -OCH3 is 3. The Morgan fingerprint density at radius 2 is 0.794 bits per heavy atom. The summed E-state index contributed by atoms with van der Waals surface area (Å²) in [4.78, 5) is 0. The Morgan fingerprint density at radius 1 is 0.471 bits per heavy atom. The molecule has 34 heavy (non-hydrogen) atoms. The molecule has 3 rings (SSSR count). The minimum Gasteiger partial charge on any atom is -0.504 e. The lowest BCUT2D eigenvalue weighted by Gasteiger charge is -2.20. The molecule has 0 radical (unpaired) electrons. The van der Waals surface area contributed by atoms with Crippen LogP contribution < -0.4 is 14.2 Å². The van der Waals surface area contributed by atoms with E-state index in [2.05, 4.69) is 0 Å². The van der Waals surface area contributed by atoms with Crippen LogP contribution in [0.5, 0.6) is 51.7 Å². The fourth-order valence-electron chi connectivity index (χ4n) is 3.91. The summed E-state index contributed by atoms with van der Waals surface area (Å²) in [5.74, 6) is -1.39. The molecule has 9 heteroatoms. The van der Waals surface area contributed by atoms with E-state index in [0.717, 1.165) is 11.1 Å². The summed E-state index contributed by atoms with van der Waals surface area (Å²) in [6.07, 6.45) is 1.76. The fourth-order valence-corrected chi connectivity index (χ4v) is 3.91. The average Bonchev–Trinajstić information content (AvgIpc) is 2.81. The number of aryl methyl sites for hydroxylation is 4. The lowest BCUT2D eigenvalue weighted by molar-refractivity contribution is 0.320. The van der Waals surface area contributed by atoms with Gasteiger partial charge in [-0.25, -0.2) is 0 Å². The second-order valence-electron chi connectivity index (χ2n) is 7.76. The van der Waals surface area contributed by atoms with Crippen molar-refractivity contribution in [3.05, 3.63) is 52.6 Å². The van der Waals surface area contributed by atoms with Crippen LogP contribution in [0.1, 0.15) is 22.3 Å². The van der Waals surface area contributed by atoms with Crippen LogP contribution in [0.4, 0.5) is 0 Å². The summed E-state index contributed by atoms with van der Waals surface area (Å²) in [6, 6.07) is 7.43. The maximum atomic E-state index is 9.79. The predicted molar refractivity (Wildman–Crippen MR) is 124 cm³/mol. The number of phenolic OH excluding ortho intramolecular Hbond substituents is 6. The summed E-state index contributed by atoms with van der Waals surface area (Å²) in [7, 11) is 4.53. The Labute approximate surface area is 196 Å². The first kappa shape index (κ1) is 24.5. The molecule has 0 saturated carbocycles. The predicted octanol–water partition coefficient (Wildman–Crippen LogP) is 3.52. The van der Waals surface area contributed by atoms with E-state index in [1.165, 1.54) is 45.6 Å². The molecule has 0 aliphatic rings. The normalized spacial score (nSPS) is 10.8. The van der Waals surface area contributed by atoms with E-state index in [-0.39, 0.29) is 0 Å². The molecule has 0 spiro atoms. The Kier molecular flexibility index (Phi) is 7.35. The maximum absolute atomic E-state index is 9.79. The highest BCUT2D eigenvalue weighted by atomic mass is 16.5. The van der Waals surface area contributed by atoms with Gasteiger partial charge in [0.25, 0.3) is 0 Å². The topological polar surface area (TPSA) is 149 Å². The largest absolute Gasteiger partial charge is 0.504 e. The SMILES string of the molecule is COc1c(CCc2cc(O)c(O)c(O)c2)cc(CCc2cc(O)c(O)c(O)c2)c(OC)c1OC. The van der Waals surface area contributed by atoms with Gasteiger partial charge in [0, 0.05) is 0 Å². The molecule has 182 valence electrons. The first-order valence-corrected chi connectivity index (χ1v) is 10.5. The van der Waals surface area contributed by atoms with E-state index in [1.54, 1.807) is 0 Å². The van der Waals surface area contributed by atoms with Crippen molar-refractivity contribution in [2.24, 2.45) is 0 Å². The highest BCUT2D eigenvalue weighted by Crippen LogP contribution is 2.44. The zero-order valence-electron chi connectivity index (χ0n) is 19.1. The van der Waals surface area contributed by atoms with E-state index in [1.807, 2.05) is 6.07 Å². The first-order chi connectivity index (χ1) is 16.2. The van der Waals surface area contributed by atoms with Crippen molar-refractivity contribution in [2.45, 2.75) is 25.7 Å².